The minimum Gasteiger partial charge on any atom is -0.494 e. The van der Waals surface area contributed by atoms with Crippen LogP contribution >= 0.6 is 0 Å². The molecule has 1 amide bonds. The Balaban J connectivity index is 2.68. The highest BCUT2D eigenvalue weighted by atomic mass is 16.5. The SMILES string of the molecule is CCCNC(=O)CNc1cc(OCC)ccc1OCC. The number of nitrogens with one attached hydrogen (secondary N) is 2. The number of ether oxygens (including phenoxy) is 2. The lowest BCUT2D eigenvalue weighted by Gasteiger charge is -2.14. The average molecular weight is 280 g/mol. The van der Waals surface area contributed by atoms with Crippen molar-refractivity contribution in [3.63, 3.8) is 0 Å². The molecular formula is C15H24N2O3. The summed E-state index contributed by atoms with van der Waals surface area (Å²) < 4.78 is 11.0. The van der Waals surface area contributed by atoms with E-state index >= 15 is 0 Å². The molecule has 2 N–H and O–H groups in total. The molecule has 0 aromatic heterocycles. The zero-order valence-electron chi connectivity index (χ0n) is 12.5. The molecule has 1 aromatic rings. The fourth-order valence-electron chi connectivity index (χ4n) is 1.69. The maximum atomic E-state index is 11.6. The van der Waals surface area contributed by atoms with Crippen LogP contribution in [-0.2, 0) is 4.79 Å². The molecule has 1 aromatic carbocycles. The van der Waals surface area contributed by atoms with Crippen LogP contribution < -0.4 is 20.1 Å². The van der Waals surface area contributed by atoms with Gasteiger partial charge in [0.05, 0.1) is 25.4 Å². The second-order valence-electron chi connectivity index (χ2n) is 4.23. The zero-order valence-corrected chi connectivity index (χ0v) is 12.5. The molecule has 0 saturated carbocycles. The molecule has 0 unspecified atom stereocenters. The van der Waals surface area contributed by atoms with E-state index in [1.165, 1.54) is 0 Å². The Labute approximate surface area is 120 Å². The Morgan fingerprint density at radius 1 is 1.15 bits per heavy atom. The third-order valence-electron chi connectivity index (χ3n) is 2.57. The van der Waals surface area contributed by atoms with Crippen molar-refractivity contribution in [2.75, 3.05) is 31.6 Å². The number of rotatable bonds is 9. The third kappa shape index (κ3) is 5.38. The number of benzene rings is 1. The normalized spacial score (nSPS) is 9.95. The van der Waals surface area contributed by atoms with E-state index in [1.807, 2.05) is 39.0 Å². The highest BCUT2D eigenvalue weighted by Crippen LogP contribution is 2.29. The molecule has 0 fully saturated rings. The number of carbonyl (C=O) groups is 1. The Hall–Kier alpha value is -1.91. The Morgan fingerprint density at radius 2 is 1.90 bits per heavy atom. The number of carbonyl (C=O) groups excluding carboxylic acids is 1. The summed E-state index contributed by atoms with van der Waals surface area (Å²) in [6, 6.07) is 5.55. The number of amides is 1. The standard InChI is InChI=1S/C15H24N2O3/c1-4-9-16-15(18)11-17-13-10-12(19-5-2)7-8-14(13)20-6-3/h7-8,10,17H,4-6,9,11H2,1-3H3,(H,16,18). The topological polar surface area (TPSA) is 59.6 Å². The van der Waals surface area contributed by atoms with Crippen LogP contribution in [0.15, 0.2) is 18.2 Å². The lowest BCUT2D eigenvalue weighted by Crippen LogP contribution is -2.30. The first-order chi connectivity index (χ1) is 9.71. The van der Waals surface area contributed by atoms with Crippen molar-refractivity contribution in [1.82, 2.24) is 5.32 Å². The lowest BCUT2D eigenvalue weighted by atomic mass is 10.2. The van der Waals surface area contributed by atoms with Gasteiger partial charge in [0, 0.05) is 12.6 Å². The molecule has 0 aliphatic rings. The van der Waals surface area contributed by atoms with Gasteiger partial charge in [0.1, 0.15) is 11.5 Å². The van der Waals surface area contributed by atoms with E-state index in [1.54, 1.807) is 0 Å². The molecule has 20 heavy (non-hydrogen) atoms. The molecule has 0 spiro atoms. The van der Waals surface area contributed by atoms with Crippen LogP contribution in [0, 0.1) is 0 Å². The van der Waals surface area contributed by atoms with Gasteiger partial charge in [-0.1, -0.05) is 6.92 Å². The largest absolute Gasteiger partial charge is 0.494 e. The minimum atomic E-state index is -0.0314. The van der Waals surface area contributed by atoms with Gasteiger partial charge in [-0.2, -0.15) is 0 Å². The van der Waals surface area contributed by atoms with Crippen molar-refractivity contribution >= 4 is 11.6 Å². The van der Waals surface area contributed by atoms with Crippen LogP contribution in [0.3, 0.4) is 0 Å². The third-order valence-corrected chi connectivity index (χ3v) is 2.57. The molecule has 0 aliphatic heterocycles. The summed E-state index contributed by atoms with van der Waals surface area (Å²) in [6.45, 7) is 7.96. The summed E-state index contributed by atoms with van der Waals surface area (Å²) >= 11 is 0. The highest BCUT2D eigenvalue weighted by molar-refractivity contribution is 5.81. The van der Waals surface area contributed by atoms with Crippen molar-refractivity contribution in [3.05, 3.63) is 18.2 Å². The quantitative estimate of drug-likeness (QED) is 0.729. The zero-order chi connectivity index (χ0) is 14.8. The van der Waals surface area contributed by atoms with Gasteiger partial charge in [0.25, 0.3) is 0 Å². The molecule has 5 nitrogen and oxygen atoms in total. The lowest BCUT2D eigenvalue weighted by molar-refractivity contribution is -0.119. The van der Waals surface area contributed by atoms with Crippen LogP contribution in [0.25, 0.3) is 0 Å². The molecular weight excluding hydrogens is 256 g/mol. The molecule has 0 aliphatic carbocycles. The van der Waals surface area contributed by atoms with Gasteiger partial charge in [-0.05, 0) is 32.4 Å². The van der Waals surface area contributed by atoms with Crippen LogP contribution in [0.2, 0.25) is 0 Å². The first-order valence-electron chi connectivity index (χ1n) is 7.11. The maximum absolute atomic E-state index is 11.6. The summed E-state index contributed by atoms with van der Waals surface area (Å²) in [7, 11) is 0. The van der Waals surface area contributed by atoms with Gasteiger partial charge in [-0.25, -0.2) is 0 Å². The van der Waals surface area contributed by atoms with Gasteiger partial charge in [-0.3, -0.25) is 4.79 Å². The Kier molecular flexibility index (Phi) is 7.32. The Bertz CT molecular complexity index is 422. The molecule has 112 valence electrons. The molecule has 5 heteroatoms. The summed E-state index contributed by atoms with van der Waals surface area (Å²) in [5.41, 5.74) is 0.768. The second-order valence-corrected chi connectivity index (χ2v) is 4.23. The van der Waals surface area contributed by atoms with Crippen LogP contribution in [0.1, 0.15) is 27.2 Å². The second kappa shape index (κ2) is 9.07. The first kappa shape index (κ1) is 16.1. The number of hydrogen-bond donors (Lipinski definition) is 2. The fraction of sp³-hybridized carbons (Fsp3) is 0.533. The van der Waals surface area contributed by atoms with E-state index < -0.39 is 0 Å². The van der Waals surface area contributed by atoms with Crippen molar-refractivity contribution in [1.29, 1.82) is 0 Å². The van der Waals surface area contributed by atoms with E-state index in [9.17, 15) is 4.79 Å². The molecule has 0 saturated heterocycles. The van der Waals surface area contributed by atoms with E-state index in [4.69, 9.17) is 9.47 Å². The Morgan fingerprint density at radius 3 is 2.55 bits per heavy atom. The van der Waals surface area contributed by atoms with Crippen LogP contribution in [-0.4, -0.2) is 32.2 Å². The maximum Gasteiger partial charge on any atom is 0.239 e. The fourth-order valence-corrected chi connectivity index (χ4v) is 1.69. The predicted molar refractivity (Wildman–Crippen MR) is 80.6 cm³/mol. The summed E-state index contributed by atoms with van der Waals surface area (Å²) in [5, 5.41) is 5.91. The van der Waals surface area contributed by atoms with Gasteiger partial charge >= 0.3 is 0 Å². The molecule has 0 atom stereocenters. The molecule has 1 rings (SSSR count). The van der Waals surface area contributed by atoms with E-state index in [2.05, 4.69) is 10.6 Å². The smallest absolute Gasteiger partial charge is 0.239 e. The van der Waals surface area contributed by atoms with E-state index in [0.29, 0.717) is 19.8 Å². The van der Waals surface area contributed by atoms with Gasteiger partial charge in [0.2, 0.25) is 5.91 Å². The summed E-state index contributed by atoms with van der Waals surface area (Å²) in [5.74, 6) is 1.45. The van der Waals surface area contributed by atoms with E-state index in [0.717, 1.165) is 23.6 Å². The van der Waals surface area contributed by atoms with Gasteiger partial charge in [0.15, 0.2) is 0 Å². The van der Waals surface area contributed by atoms with Gasteiger partial charge in [-0.15, -0.1) is 0 Å². The number of hydrogen-bond acceptors (Lipinski definition) is 4. The van der Waals surface area contributed by atoms with Crippen molar-refractivity contribution in [2.24, 2.45) is 0 Å². The predicted octanol–water partition coefficient (Wildman–Crippen LogP) is 2.42. The molecule has 0 heterocycles. The highest BCUT2D eigenvalue weighted by Gasteiger charge is 2.07. The number of anilines is 1. The summed E-state index contributed by atoms with van der Waals surface area (Å²) in [4.78, 5) is 11.6. The van der Waals surface area contributed by atoms with Crippen molar-refractivity contribution < 1.29 is 14.3 Å². The van der Waals surface area contributed by atoms with Crippen molar-refractivity contribution in [2.45, 2.75) is 27.2 Å². The minimum absolute atomic E-state index is 0.0314. The van der Waals surface area contributed by atoms with Gasteiger partial charge < -0.3 is 20.1 Å². The summed E-state index contributed by atoms with van der Waals surface area (Å²) in [6.07, 6.45) is 0.926. The molecule has 0 bridgehead atoms. The van der Waals surface area contributed by atoms with E-state index in [-0.39, 0.29) is 12.5 Å². The molecule has 0 radical (unpaired) electrons. The van der Waals surface area contributed by atoms with Crippen LogP contribution in [0.5, 0.6) is 11.5 Å². The monoisotopic (exact) mass is 280 g/mol. The van der Waals surface area contributed by atoms with Crippen LogP contribution in [0.4, 0.5) is 5.69 Å². The average Bonchev–Trinajstić information content (AvgIpc) is 2.45. The van der Waals surface area contributed by atoms with Crippen molar-refractivity contribution in [3.8, 4) is 11.5 Å². The first-order valence-corrected chi connectivity index (χ1v) is 7.11.